The van der Waals surface area contributed by atoms with E-state index in [1.165, 1.54) is 49.7 Å². The van der Waals surface area contributed by atoms with Crippen molar-refractivity contribution in [3.05, 3.63) is 40.7 Å². The minimum Gasteiger partial charge on any atom is -0.502 e. The molecule has 0 saturated heterocycles. The quantitative estimate of drug-likeness (QED) is 0.134. The molecule has 0 amide bonds. The zero-order valence-electron chi connectivity index (χ0n) is 24.2. The summed E-state index contributed by atoms with van der Waals surface area (Å²) in [4.78, 5) is 12.7. The Bertz CT molecular complexity index is 1010. The Morgan fingerprint density at radius 1 is 1.19 bits per heavy atom. The molecule has 0 bridgehead atoms. The van der Waals surface area contributed by atoms with E-state index in [2.05, 4.69) is 46.8 Å². The van der Waals surface area contributed by atoms with E-state index in [-0.39, 0.29) is 17.0 Å². The van der Waals surface area contributed by atoms with Crippen LogP contribution in [-0.2, 0) is 26.1 Å². The number of aryl methyl sites for hydroxylation is 1. The first-order chi connectivity index (χ1) is 17.5. The molecule has 37 heavy (non-hydrogen) atoms. The van der Waals surface area contributed by atoms with Crippen molar-refractivity contribution in [3.8, 4) is 5.75 Å². The zero-order chi connectivity index (χ0) is 26.8. The summed E-state index contributed by atoms with van der Waals surface area (Å²) in [6.07, 6.45) is 12.2. The van der Waals surface area contributed by atoms with E-state index in [4.69, 9.17) is 14.2 Å². The summed E-state index contributed by atoms with van der Waals surface area (Å²) in [5.41, 5.74) is 4.72. The smallest absolute Gasteiger partial charge is 0.321 e. The molecule has 0 radical (unpaired) electrons. The molecular weight excluding hydrogens is 480 g/mol. The zero-order valence-corrected chi connectivity index (χ0v) is 25.0. The number of methoxy groups -OCH3 is 1. The lowest BCUT2D eigenvalue weighted by Gasteiger charge is -2.56. The predicted octanol–water partition coefficient (Wildman–Crippen LogP) is 7.79. The molecule has 0 aliphatic heterocycles. The number of esters is 1. The van der Waals surface area contributed by atoms with Crippen LogP contribution in [0.5, 0.6) is 5.75 Å². The van der Waals surface area contributed by atoms with Crippen molar-refractivity contribution in [2.24, 2.45) is 17.3 Å². The standard InChI is InChI=1S/C32H48O4S/c1-22-18-26(36-28(33)21-37-17-15-30(3,4)35-16-12-23(2)34-7)19-24-20-27-31(5)13-9-8-10-25(31)11-14-32(27,6)29(22)24/h12,18-19,25,27H,8-11,13-17,20-21H2,1-7H3/b23-12+/t25-,27-,31+,32-/m1/s1. The number of allylic oxidation sites excluding steroid dienone is 1. The van der Waals surface area contributed by atoms with Crippen LogP contribution in [0.15, 0.2) is 24.0 Å². The molecule has 4 rings (SSSR count). The third-order valence-electron chi connectivity index (χ3n) is 9.88. The second-order valence-corrected chi connectivity index (χ2v) is 13.9. The molecule has 3 aliphatic rings. The summed E-state index contributed by atoms with van der Waals surface area (Å²) < 4.78 is 17.0. The van der Waals surface area contributed by atoms with Gasteiger partial charge in [0.05, 0.1) is 30.8 Å². The fourth-order valence-corrected chi connectivity index (χ4v) is 8.76. The Balaban J connectivity index is 1.32. The lowest BCUT2D eigenvalue weighted by Crippen LogP contribution is -2.50. The van der Waals surface area contributed by atoms with Gasteiger partial charge in [0.25, 0.3) is 0 Å². The molecule has 5 heteroatoms. The number of hydrogen-bond acceptors (Lipinski definition) is 5. The van der Waals surface area contributed by atoms with Crippen LogP contribution in [0.3, 0.4) is 0 Å². The van der Waals surface area contributed by atoms with Crippen LogP contribution in [0.2, 0.25) is 0 Å². The Hall–Kier alpha value is -1.46. The highest BCUT2D eigenvalue weighted by Gasteiger charge is 2.57. The van der Waals surface area contributed by atoms with E-state index in [0.29, 0.717) is 23.7 Å². The van der Waals surface area contributed by atoms with Crippen molar-refractivity contribution in [2.75, 3.05) is 25.2 Å². The van der Waals surface area contributed by atoms with E-state index in [9.17, 15) is 4.79 Å². The number of ether oxygens (including phenoxy) is 3. The minimum absolute atomic E-state index is 0.164. The Labute approximate surface area is 229 Å². The molecule has 0 N–H and O–H groups in total. The Kier molecular flexibility index (Phi) is 8.75. The van der Waals surface area contributed by atoms with Gasteiger partial charge in [0.1, 0.15) is 5.75 Å². The number of thioether (sulfide) groups is 1. The molecule has 0 aromatic heterocycles. The van der Waals surface area contributed by atoms with Crippen molar-refractivity contribution in [3.63, 3.8) is 0 Å². The molecule has 4 nitrogen and oxygen atoms in total. The fourth-order valence-electron chi connectivity index (χ4n) is 7.75. The van der Waals surface area contributed by atoms with E-state index in [0.717, 1.165) is 36.0 Å². The van der Waals surface area contributed by atoms with E-state index < -0.39 is 0 Å². The SMILES string of the molecule is CO/C(C)=C/COC(C)(C)CCSCC(=O)Oc1cc(C)c2c(c1)C[C@@H]1[C@@]3(C)CCCC[C@@H]3CC[C@@]21C. The number of carbonyl (C=O) groups is 1. The van der Waals surface area contributed by atoms with Crippen LogP contribution in [0, 0.1) is 24.2 Å². The van der Waals surface area contributed by atoms with Gasteiger partial charge < -0.3 is 14.2 Å². The summed E-state index contributed by atoms with van der Waals surface area (Å²) in [5.74, 6) is 4.20. The van der Waals surface area contributed by atoms with Gasteiger partial charge in [-0.05, 0) is 130 Å². The van der Waals surface area contributed by atoms with Crippen LogP contribution < -0.4 is 4.74 Å². The van der Waals surface area contributed by atoms with Crippen LogP contribution in [0.4, 0.5) is 0 Å². The average molecular weight is 529 g/mol. The topological polar surface area (TPSA) is 44.8 Å². The molecule has 2 saturated carbocycles. The summed E-state index contributed by atoms with van der Waals surface area (Å²) in [5, 5.41) is 0. The highest BCUT2D eigenvalue weighted by molar-refractivity contribution is 7.99. The van der Waals surface area contributed by atoms with Gasteiger partial charge in [-0.15, -0.1) is 0 Å². The lowest BCUT2D eigenvalue weighted by molar-refractivity contribution is -0.131. The van der Waals surface area contributed by atoms with Crippen LogP contribution in [-0.4, -0.2) is 36.8 Å². The molecule has 0 spiro atoms. The Morgan fingerprint density at radius 3 is 2.73 bits per heavy atom. The Morgan fingerprint density at radius 2 is 1.97 bits per heavy atom. The van der Waals surface area contributed by atoms with Crippen molar-refractivity contribution in [1.29, 1.82) is 0 Å². The maximum Gasteiger partial charge on any atom is 0.321 e. The predicted molar refractivity (Wildman–Crippen MR) is 153 cm³/mol. The number of fused-ring (bicyclic) bond motifs is 5. The molecule has 1 aromatic rings. The molecule has 0 unspecified atom stereocenters. The second kappa shape index (κ2) is 11.3. The van der Waals surface area contributed by atoms with E-state index >= 15 is 0 Å². The minimum atomic E-state index is -0.251. The summed E-state index contributed by atoms with van der Waals surface area (Å²) in [6, 6.07) is 4.29. The van der Waals surface area contributed by atoms with E-state index in [1.54, 1.807) is 24.4 Å². The maximum atomic E-state index is 12.7. The van der Waals surface area contributed by atoms with E-state index in [1.807, 2.05) is 13.0 Å². The van der Waals surface area contributed by atoms with Gasteiger partial charge in [0, 0.05) is 0 Å². The normalized spacial score (nSPS) is 29.3. The fraction of sp³-hybridized carbons (Fsp3) is 0.719. The highest BCUT2D eigenvalue weighted by Crippen LogP contribution is 2.64. The first-order valence-electron chi connectivity index (χ1n) is 14.3. The van der Waals surface area contributed by atoms with Crippen molar-refractivity contribution >= 4 is 17.7 Å². The third kappa shape index (κ3) is 6.08. The van der Waals surface area contributed by atoms with Gasteiger partial charge in [-0.25, -0.2) is 0 Å². The molecule has 2 fully saturated rings. The van der Waals surface area contributed by atoms with Crippen LogP contribution in [0.1, 0.15) is 96.3 Å². The van der Waals surface area contributed by atoms with Gasteiger partial charge in [-0.1, -0.05) is 26.7 Å². The largest absolute Gasteiger partial charge is 0.502 e. The lowest BCUT2D eigenvalue weighted by atomic mass is 9.48. The molecule has 0 heterocycles. The molecular formula is C32H48O4S. The number of carbonyl (C=O) groups excluding carboxylic acids is 1. The summed E-state index contributed by atoms with van der Waals surface area (Å²) in [7, 11) is 1.66. The molecule has 3 aliphatic carbocycles. The number of benzene rings is 1. The summed E-state index contributed by atoms with van der Waals surface area (Å²) >= 11 is 1.61. The third-order valence-corrected chi connectivity index (χ3v) is 10.8. The monoisotopic (exact) mass is 528 g/mol. The maximum absolute atomic E-state index is 12.7. The van der Waals surface area contributed by atoms with Gasteiger partial charge in [0.2, 0.25) is 0 Å². The van der Waals surface area contributed by atoms with Crippen molar-refractivity contribution in [1.82, 2.24) is 0 Å². The van der Waals surface area contributed by atoms with Crippen molar-refractivity contribution in [2.45, 2.75) is 104 Å². The molecule has 206 valence electrons. The van der Waals surface area contributed by atoms with Gasteiger partial charge >= 0.3 is 5.97 Å². The first kappa shape index (κ1) is 28.5. The van der Waals surface area contributed by atoms with Crippen molar-refractivity contribution < 1.29 is 19.0 Å². The second-order valence-electron chi connectivity index (χ2n) is 12.8. The van der Waals surface area contributed by atoms with Crippen LogP contribution >= 0.6 is 11.8 Å². The number of hydrogen-bond donors (Lipinski definition) is 0. The number of rotatable bonds is 10. The first-order valence-corrected chi connectivity index (χ1v) is 15.4. The molecule has 4 atom stereocenters. The average Bonchev–Trinajstić information content (AvgIpc) is 3.15. The van der Waals surface area contributed by atoms with Gasteiger partial charge in [0.15, 0.2) is 0 Å². The molecule has 1 aromatic carbocycles. The highest BCUT2D eigenvalue weighted by atomic mass is 32.2. The summed E-state index contributed by atoms with van der Waals surface area (Å²) in [6.45, 7) is 13.9. The van der Waals surface area contributed by atoms with Crippen LogP contribution in [0.25, 0.3) is 0 Å². The van der Waals surface area contributed by atoms with Gasteiger partial charge in [-0.2, -0.15) is 11.8 Å². The van der Waals surface area contributed by atoms with Gasteiger partial charge in [-0.3, -0.25) is 4.79 Å².